The van der Waals surface area contributed by atoms with Crippen LogP contribution in [0.4, 0.5) is 11.4 Å². The van der Waals surface area contributed by atoms with Gasteiger partial charge in [0.1, 0.15) is 12.7 Å². The standard InChI is InChI=1S/C10H9N5O2/c11-5-1-6(9-14-3-13-4-15-9)8(10(16)17)7(12)2-5/h1-4H,11-12H2,(H,16,17). The van der Waals surface area contributed by atoms with Gasteiger partial charge in [0, 0.05) is 16.9 Å². The molecule has 0 aliphatic carbocycles. The number of aromatic nitrogens is 3. The second kappa shape index (κ2) is 4.05. The minimum atomic E-state index is -1.15. The number of nitrogen functional groups attached to an aromatic ring is 2. The van der Waals surface area contributed by atoms with Crippen LogP contribution in [0.2, 0.25) is 0 Å². The monoisotopic (exact) mass is 231 g/mol. The van der Waals surface area contributed by atoms with E-state index in [9.17, 15) is 4.79 Å². The van der Waals surface area contributed by atoms with E-state index in [2.05, 4.69) is 15.0 Å². The van der Waals surface area contributed by atoms with Crippen LogP contribution in [0.5, 0.6) is 0 Å². The highest BCUT2D eigenvalue weighted by molar-refractivity contribution is 6.01. The number of hydrogen-bond acceptors (Lipinski definition) is 6. The Morgan fingerprint density at radius 1 is 1.18 bits per heavy atom. The van der Waals surface area contributed by atoms with E-state index in [-0.39, 0.29) is 22.6 Å². The number of benzene rings is 1. The van der Waals surface area contributed by atoms with Gasteiger partial charge >= 0.3 is 5.97 Å². The third-order valence-electron chi connectivity index (χ3n) is 2.14. The number of nitrogens with two attached hydrogens (primary N) is 2. The molecule has 0 atom stereocenters. The fourth-order valence-electron chi connectivity index (χ4n) is 1.48. The quantitative estimate of drug-likeness (QED) is 0.638. The molecule has 2 aromatic rings. The van der Waals surface area contributed by atoms with E-state index in [4.69, 9.17) is 16.6 Å². The lowest BCUT2D eigenvalue weighted by molar-refractivity contribution is 0.0699. The fraction of sp³-hybridized carbons (Fsp3) is 0. The van der Waals surface area contributed by atoms with Crippen molar-refractivity contribution in [1.82, 2.24) is 15.0 Å². The van der Waals surface area contributed by atoms with Gasteiger partial charge in [-0.2, -0.15) is 0 Å². The third-order valence-corrected chi connectivity index (χ3v) is 2.14. The van der Waals surface area contributed by atoms with Gasteiger partial charge in [0.15, 0.2) is 5.82 Å². The first-order valence-electron chi connectivity index (χ1n) is 4.64. The summed E-state index contributed by atoms with van der Waals surface area (Å²) in [5, 5.41) is 9.11. The number of rotatable bonds is 2. The highest BCUT2D eigenvalue weighted by Gasteiger charge is 2.17. The minimum absolute atomic E-state index is 0.0644. The summed E-state index contributed by atoms with van der Waals surface area (Å²) in [4.78, 5) is 22.5. The third kappa shape index (κ3) is 1.98. The van der Waals surface area contributed by atoms with Crippen molar-refractivity contribution in [3.8, 4) is 11.4 Å². The summed E-state index contributed by atoms with van der Waals surface area (Å²) in [5.74, 6) is -0.936. The first kappa shape index (κ1) is 10.8. The van der Waals surface area contributed by atoms with Crippen LogP contribution in [0.3, 0.4) is 0 Å². The molecule has 1 aromatic heterocycles. The Morgan fingerprint density at radius 2 is 1.82 bits per heavy atom. The Balaban J connectivity index is 2.72. The normalized spacial score (nSPS) is 10.1. The summed E-state index contributed by atoms with van der Waals surface area (Å²) in [6.07, 6.45) is 2.54. The molecule has 0 aliphatic heterocycles. The predicted molar refractivity (Wildman–Crippen MR) is 61.0 cm³/mol. The number of carbonyl (C=O) groups is 1. The van der Waals surface area contributed by atoms with Crippen molar-refractivity contribution in [3.63, 3.8) is 0 Å². The molecule has 0 spiro atoms. The van der Waals surface area contributed by atoms with Crippen LogP contribution in [-0.2, 0) is 0 Å². The van der Waals surface area contributed by atoms with Gasteiger partial charge in [-0.15, -0.1) is 0 Å². The molecule has 0 amide bonds. The molecule has 86 valence electrons. The van der Waals surface area contributed by atoms with Crippen molar-refractivity contribution in [1.29, 1.82) is 0 Å². The molecule has 5 N–H and O–H groups in total. The molecule has 0 saturated carbocycles. The van der Waals surface area contributed by atoms with Crippen LogP contribution in [0.15, 0.2) is 24.8 Å². The lowest BCUT2D eigenvalue weighted by Gasteiger charge is -2.08. The van der Waals surface area contributed by atoms with Gasteiger partial charge < -0.3 is 16.6 Å². The van der Waals surface area contributed by atoms with E-state index in [1.54, 1.807) is 0 Å². The minimum Gasteiger partial charge on any atom is -0.478 e. The maximum absolute atomic E-state index is 11.1. The number of aromatic carboxylic acids is 1. The van der Waals surface area contributed by atoms with Crippen LogP contribution in [0.1, 0.15) is 10.4 Å². The van der Waals surface area contributed by atoms with Crippen LogP contribution in [-0.4, -0.2) is 26.0 Å². The first-order valence-corrected chi connectivity index (χ1v) is 4.64. The summed E-state index contributed by atoms with van der Waals surface area (Å²) in [7, 11) is 0. The Labute approximate surface area is 96.1 Å². The second-order valence-electron chi connectivity index (χ2n) is 3.30. The van der Waals surface area contributed by atoms with Gasteiger partial charge in [-0.1, -0.05) is 0 Å². The van der Waals surface area contributed by atoms with Crippen molar-refractivity contribution < 1.29 is 9.90 Å². The largest absolute Gasteiger partial charge is 0.478 e. The zero-order valence-electron chi connectivity index (χ0n) is 8.66. The molecule has 7 nitrogen and oxygen atoms in total. The van der Waals surface area contributed by atoms with Crippen molar-refractivity contribution in [2.45, 2.75) is 0 Å². The topological polar surface area (TPSA) is 128 Å². The molecule has 1 heterocycles. The predicted octanol–water partition coefficient (Wildman–Crippen LogP) is 0.401. The van der Waals surface area contributed by atoms with E-state index in [1.807, 2.05) is 0 Å². The molecular weight excluding hydrogens is 222 g/mol. The Morgan fingerprint density at radius 3 is 2.41 bits per heavy atom. The number of carboxylic acid groups (broad SMARTS) is 1. The summed E-state index contributed by atoms with van der Waals surface area (Å²) in [6.45, 7) is 0. The summed E-state index contributed by atoms with van der Waals surface area (Å²) in [5.41, 5.74) is 11.9. The van der Waals surface area contributed by atoms with Gasteiger partial charge in [0.25, 0.3) is 0 Å². The van der Waals surface area contributed by atoms with Crippen LogP contribution < -0.4 is 11.5 Å². The number of carboxylic acids is 1. The lowest BCUT2D eigenvalue weighted by atomic mass is 10.0. The van der Waals surface area contributed by atoms with E-state index >= 15 is 0 Å². The Bertz CT molecular complexity index is 570. The molecule has 0 fully saturated rings. The van der Waals surface area contributed by atoms with Crippen molar-refractivity contribution in [3.05, 3.63) is 30.4 Å². The maximum atomic E-state index is 11.1. The summed E-state index contributed by atoms with van der Waals surface area (Å²) in [6, 6.07) is 2.85. The molecule has 0 radical (unpaired) electrons. The average Bonchev–Trinajstić information content (AvgIpc) is 2.28. The van der Waals surface area contributed by atoms with E-state index in [1.165, 1.54) is 24.8 Å². The second-order valence-corrected chi connectivity index (χ2v) is 3.30. The lowest BCUT2D eigenvalue weighted by Crippen LogP contribution is -2.07. The highest BCUT2D eigenvalue weighted by atomic mass is 16.4. The van der Waals surface area contributed by atoms with Crippen molar-refractivity contribution in [2.75, 3.05) is 11.5 Å². The van der Waals surface area contributed by atoms with E-state index in [0.717, 1.165) is 0 Å². The average molecular weight is 231 g/mol. The molecule has 7 heteroatoms. The zero-order valence-corrected chi connectivity index (χ0v) is 8.66. The maximum Gasteiger partial charge on any atom is 0.338 e. The molecule has 0 saturated heterocycles. The molecular formula is C10H9N5O2. The molecule has 0 unspecified atom stereocenters. The molecule has 17 heavy (non-hydrogen) atoms. The smallest absolute Gasteiger partial charge is 0.338 e. The van der Waals surface area contributed by atoms with Gasteiger partial charge in [-0.25, -0.2) is 19.7 Å². The molecule has 0 bridgehead atoms. The fourth-order valence-corrected chi connectivity index (χ4v) is 1.48. The summed E-state index contributed by atoms with van der Waals surface area (Å²) < 4.78 is 0. The first-order chi connectivity index (χ1) is 8.09. The van der Waals surface area contributed by atoms with Crippen LogP contribution in [0.25, 0.3) is 11.4 Å². The Hall–Kier alpha value is -2.70. The van der Waals surface area contributed by atoms with Crippen LogP contribution >= 0.6 is 0 Å². The van der Waals surface area contributed by atoms with Crippen molar-refractivity contribution in [2.24, 2.45) is 0 Å². The zero-order chi connectivity index (χ0) is 12.4. The van der Waals surface area contributed by atoms with Gasteiger partial charge in [0.05, 0.1) is 5.56 Å². The van der Waals surface area contributed by atoms with Gasteiger partial charge in [0.2, 0.25) is 0 Å². The number of anilines is 2. The van der Waals surface area contributed by atoms with Gasteiger partial charge in [-0.3, -0.25) is 0 Å². The molecule has 1 aromatic carbocycles. The number of hydrogen-bond donors (Lipinski definition) is 3. The number of nitrogens with zero attached hydrogens (tertiary/aromatic N) is 3. The highest BCUT2D eigenvalue weighted by Crippen LogP contribution is 2.28. The molecule has 2 rings (SSSR count). The molecule has 0 aliphatic rings. The van der Waals surface area contributed by atoms with Gasteiger partial charge in [-0.05, 0) is 12.1 Å². The van der Waals surface area contributed by atoms with Crippen LogP contribution in [0, 0.1) is 0 Å². The van der Waals surface area contributed by atoms with Crippen molar-refractivity contribution >= 4 is 17.3 Å². The van der Waals surface area contributed by atoms with E-state index < -0.39 is 5.97 Å². The Kier molecular flexibility index (Phi) is 2.57. The van der Waals surface area contributed by atoms with E-state index in [0.29, 0.717) is 5.69 Å². The SMILES string of the molecule is Nc1cc(N)c(C(=O)O)c(-c2ncncn2)c1. The summed E-state index contributed by atoms with van der Waals surface area (Å²) >= 11 is 0.